The van der Waals surface area contributed by atoms with E-state index in [9.17, 15) is 4.39 Å². The maximum absolute atomic E-state index is 13.1. The molecule has 0 aliphatic carbocycles. The summed E-state index contributed by atoms with van der Waals surface area (Å²) in [4.78, 5) is 0. The average Bonchev–Trinajstić information content (AvgIpc) is 2.90. The first-order valence-electron chi connectivity index (χ1n) is 6.13. The van der Waals surface area contributed by atoms with Crippen LogP contribution in [0.4, 0.5) is 10.1 Å². The van der Waals surface area contributed by atoms with Crippen molar-refractivity contribution in [2.24, 2.45) is 0 Å². The van der Waals surface area contributed by atoms with E-state index in [4.69, 9.17) is 10.2 Å². The Morgan fingerprint density at radius 1 is 1.05 bits per heavy atom. The molecule has 4 nitrogen and oxygen atoms in total. The second-order valence-corrected chi connectivity index (χ2v) is 4.43. The molecule has 1 heterocycles. The summed E-state index contributed by atoms with van der Waals surface area (Å²) in [6, 6.07) is 13.5. The topological polar surface area (TPSA) is 64.9 Å². The normalized spacial score (nSPS) is 10.7. The first kappa shape index (κ1) is 12.3. The molecule has 100 valence electrons. The Morgan fingerprint density at radius 2 is 1.85 bits per heavy atom. The van der Waals surface area contributed by atoms with E-state index < -0.39 is 0 Å². The maximum atomic E-state index is 13.1. The van der Waals surface area contributed by atoms with Gasteiger partial charge in [0.25, 0.3) is 0 Å². The van der Waals surface area contributed by atoms with Gasteiger partial charge in [-0.25, -0.2) is 4.39 Å². The molecule has 0 bridgehead atoms. The van der Waals surface area contributed by atoms with Crippen molar-refractivity contribution in [3.05, 3.63) is 65.8 Å². The maximum Gasteiger partial charge on any atom is 0.247 e. The molecule has 0 spiro atoms. The zero-order chi connectivity index (χ0) is 13.9. The fourth-order valence-electron chi connectivity index (χ4n) is 1.87. The van der Waals surface area contributed by atoms with E-state index in [-0.39, 0.29) is 5.82 Å². The Morgan fingerprint density at radius 3 is 2.60 bits per heavy atom. The molecule has 0 aliphatic heterocycles. The van der Waals surface area contributed by atoms with Crippen molar-refractivity contribution < 1.29 is 8.81 Å². The molecule has 2 N–H and O–H groups in total. The zero-order valence-electron chi connectivity index (χ0n) is 10.6. The van der Waals surface area contributed by atoms with Gasteiger partial charge in [-0.15, -0.1) is 10.2 Å². The van der Waals surface area contributed by atoms with Crippen LogP contribution in [0.15, 0.2) is 52.9 Å². The predicted octanol–water partition coefficient (Wildman–Crippen LogP) is 3.05. The first-order chi connectivity index (χ1) is 9.70. The molecular weight excluding hydrogens is 257 g/mol. The zero-order valence-corrected chi connectivity index (χ0v) is 10.6. The highest BCUT2D eigenvalue weighted by Gasteiger charge is 2.09. The van der Waals surface area contributed by atoms with E-state index in [1.54, 1.807) is 12.1 Å². The number of hydrogen-bond donors (Lipinski definition) is 1. The van der Waals surface area contributed by atoms with Gasteiger partial charge < -0.3 is 10.2 Å². The van der Waals surface area contributed by atoms with Crippen molar-refractivity contribution in [2.45, 2.75) is 6.42 Å². The molecule has 0 amide bonds. The Kier molecular flexibility index (Phi) is 3.16. The average molecular weight is 269 g/mol. The third-order valence-corrected chi connectivity index (χ3v) is 2.87. The van der Waals surface area contributed by atoms with Crippen LogP contribution in [-0.2, 0) is 6.42 Å². The molecule has 0 radical (unpaired) electrons. The lowest BCUT2D eigenvalue weighted by Gasteiger charge is -1.98. The highest BCUT2D eigenvalue weighted by molar-refractivity contribution is 5.52. The Labute approximate surface area is 115 Å². The van der Waals surface area contributed by atoms with E-state index in [1.165, 1.54) is 12.1 Å². The van der Waals surface area contributed by atoms with Crippen LogP contribution in [-0.4, -0.2) is 10.2 Å². The molecule has 5 heteroatoms. The van der Waals surface area contributed by atoms with Crippen LogP contribution in [0, 0.1) is 5.82 Å². The highest BCUT2D eigenvalue weighted by Crippen LogP contribution is 2.20. The van der Waals surface area contributed by atoms with Gasteiger partial charge in [-0.1, -0.05) is 18.2 Å². The Hall–Kier alpha value is -2.69. The number of anilines is 1. The van der Waals surface area contributed by atoms with Crippen LogP contribution in [0.2, 0.25) is 0 Å². The molecule has 2 aromatic carbocycles. The van der Waals surface area contributed by atoms with Crippen LogP contribution in [0.5, 0.6) is 0 Å². The van der Waals surface area contributed by atoms with Crippen molar-refractivity contribution in [3.8, 4) is 11.5 Å². The van der Waals surface area contributed by atoms with E-state index in [0.29, 0.717) is 29.5 Å². The number of nitrogens with zero attached hydrogens (tertiary/aromatic N) is 2. The van der Waals surface area contributed by atoms with Crippen LogP contribution in [0.1, 0.15) is 11.5 Å². The van der Waals surface area contributed by atoms with E-state index in [1.807, 2.05) is 24.3 Å². The third kappa shape index (κ3) is 2.66. The molecule has 0 unspecified atom stereocenters. The van der Waals surface area contributed by atoms with Gasteiger partial charge in [-0.3, -0.25) is 0 Å². The van der Waals surface area contributed by atoms with Crippen molar-refractivity contribution in [2.75, 3.05) is 5.73 Å². The second-order valence-electron chi connectivity index (χ2n) is 4.43. The van der Waals surface area contributed by atoms with Crippen LogP contribution >= 0.6 is 0 Å². The van der Waals surface area contributed by atoms with Gasteiger partial charge in [0.1, 0.15) is 5.82 Å². The van der Waals surface area contributed by atoms with Gasteiger partial charge in [-0.05, 0) is 35.9 Å². The van der Waals surface area contributed by atoms with E-state index in [2.05, 4.69) is 10.2 Å². The fourth-order valence-corrected chi connectivity index (χ4v) is 1.87. The SMILES string of the molecule is Nc1ccc(Cc2nnc(-c3cccc(F)c3)o2)cc1. The second kappa shape index (κ2) is 5.13. The Bertz CT molecular complexity index is 722. The minimum atomic E-state index is -0.333. The summed E-state index contributed by atoms with van der Waals surface area (Å²) in [5.74, 6) is 0.463. The van der Waals surface area contributed by atoms with Crippen molar-refractivity contribution in [1.82, 2.24) is 10.2 Å². The van der Waals surface area contributed by atoms with Gasteiger partial charge in [-0.2, -0.15) is 0 Å². The number of rotatable bonds is 3. The quantitative estimate of drug-likeness (QED) is 0.742. The molecule has 0 fully saturated rings. The smallest absolute Gasteiger partial charge is 0.247 e. The van der Waals surface area contributed by atoms with E-state index >= 15 is 0 Å². The molecule has 0 saturated heterocycles. The summed E-state index contributed by atoms with van der Waals surface area (Å²) in [6.07, 6.45) is 0.516. The predicted molar refractivity (Wildman–Crippen MR) is 73.4 cm³/mol. The Balaban J connectivity index is 1.82. The molecule has 3 rings (SSSR count). The van der Waals surface area contributed by atoms with Crippen molar-refractivity contribution >= 4 is 5.69 Å². The molecule has 0 atom stereocenters. The standard InChI is InChI=1S/C15H12FN3O/c16-12-3-1-2-11(9-12)15-19-18-14(20-15)8-10-4-6-13(17)7-5-10/h1-7,9H,8,17H2. The lowest BCUT2D eigenvalue weighted by molar-refractivity contribution is 0.517. The first-order valence-corrected chi connectivity index (χ1v) is 6.13. The fraction of sp³-hybridized carbons (Fsp3) is 0.0667. The summed E-state index contributed by atoms with van der Waals surface area (Å²) in [7, 11) is 0. The number of nitrogen functional groups attached to an aromatic ring is 1. The highest BCUT2D eigenvalue weighted by atomic mass is 19.1. The molecule has 1 aromatic heterocycles. The molecular formula is C15H12FN3O. The lowest BCUT2D eigenvalue weighted by atomic mass is 10.1. The van der Waals surface area contributed by atoms with Gasteiger partial charge in [0.15, 0.2) is 0 Å². The van der Waals surface area contributed by atoms with Gasteiger partial charge >= 0.3 is 0 Å². The van der Waals surface area contributed by atoms with Gasteiger partial charge in [0.05, 0.1) is 6.42 Å². The molecule has 0 saturated carbocycles. The summed E-state index contributed by atoms with van der Waals surface area (Å²) in [6.45, 7) is 0. The van der Waals surface area contributed by atoms with E-state index in [0.717, 1.165) is 5.56 Å². The summed E-state index contributed by atoms with van der Waals surface area (Å²) in [5, 5.41) is 7.90. The monoisotopic (exact) mass is 269 g/mol. The number of halogens is 1. The van der Waals surface area contributed by atoms with Crippen LogP contribution in [0.3, 0.4) is 0 Å². The summed E-state index contributed by atoms with van der Waals surface area (Å²) >= 11 is 0. The molecule has 3 aromatic rings. The third-order valence-electron chi connectivity index (χ3n) is 2.87. The van der Waals surface area contributed by atoms with Crippen molar-refractivity contribution in [3.63, 3.8) is 0 Å². The van der Waals surface area contributed by atoms with Gasteiger partial charge in [0.2, 0.25) is 11.8 Å². The van der Waals surface area contributed by atoms with Crippen molar-refractivity contribution in [1.29, 1.82) is 0 Å². The minimum Gasteiger partial charge on any atom is -0.420 e. The number of hydrogen-bond acceptors (Lipinski definition) is 4. The number of nitrogens with two attached hydrogens (primary N) is 1. The number of aromatic nitrogens is 2. The largest absolute Gasteiger partial charge is 0.420 e. The van der Waals surface area contributed by atoms with Crippen LogP contribution in [0.25, 0.3) is 11.5 Å². The van der Waals surface area contributed by atoms with Gasteiger partial charge in [0, 0.05) is 11.3 Å². The number of benzene rings is 2. The van der Waals surface area contributed by atoms with Crippen LogP contribution < -0.4 is 5.73 Å². The summed E-state index contributed by atoms with van der Waals surface area (Å²) < 4.78 is 18.7. The molecule has 20 heavy (non-hydrogen) atoms. The lowest BCUT2D eigenvalue weighted by Crippen LogP contribution is -1.90. The minimum absolute atomic E-state index is 0.315. The molecule has 0 aliphatic rings. The summed E-state index contributed by atoms with van der Waals surface area (Å²) in [5.41, 5.74) is 7.93.